The molecule has 4 heteroatoms. The fourth-order valence-corrected chi connectivity index (χ4v) is 1.72. The van der Waals surface area contributed by atoms with Crippen LogP contribution in [0.1, 0.15) is 34.6 Å². The van der Waals surface area contributed by atoms with Gasteiger partial charge in [0.1, 0.15) is 5.75 Å². The molecular formula is C11H11BrO3. The van der Waals surface area contributed by atoms with Crippen molar-refractivity contribution in [3.05, 3.63) is 27.7 Å². The molecule has 1 aromatic rings. The van der Waals surface area contributed by atoms with Crippen LogP contribution < -0.4 is 4.74 Å². The molecule has 0 saturated carbocycles. The molecule has 0 bridgehead atoms. The first-order valence-corrected chi connectivity index (χ1v) is 5.32. The highest BCUT2D eigenvalue weighted by atomic mass is 79.9. The van der Waals surface area contributed by atoms with E-state index in [9.17, 15) is 9.59 Å². The average Bonchev–Trinajstić information content (AvgIpc) is 2.17. The van der Waals surface area contributed by atoms with Gasteiger partial charge in [-0.15, -0.1) is 0 Å². The molecule has 0 aliphatic heterocycles. The van der Waals surface area contributed by atoms with Crippen molar-refractivity contribution in [2.24, 2.45) is 0 Å². The van der Waals surface area contributed by atoms with Crippen LogP contribution in [0.3, 0.4) is 0 Å². The predicted octanol–water partition coefficient (Wildman–Crippen LogP) is 2.86. The maximum Gasteiger partial charge on any atom is 0.159 e. The molecule has 0 heterocycles. The average molecular weight is 271 g/mol. The number of ketones is 1. The lowest BCUT2D eigenvalue weighted by atomic mass is 10.1. The number of aldehydes is 1. The molecule has 1 rings (SSSR count). The normalized spacial score (nSPS) is 9.80. The molecular weight excluding hydrogens is 260 g/mol. The Morgan fingerprint density at radius 1 is 1.53 bits per heavy atom. The molecule has 0 aliphatic rings. The Kier molecular flexibility index (Phi) is 4.03. The fourth-order valence-electron chi connectivity index (χ4n) is 1.19. The lowest BCUT2D eigenvalue weighted by molar-refractivity contribution is 0.101. The standard InChI is InChI=1S/C11H11BrO3/c1-3-15-11-5-8(7(2)14)4-10(12)9(11)6-13/h4-6H,3H2,1-2H3. The zero-order valence-electron chi connectivity index (χ0n) is 8.54. The first-order chi connectivity index (χ1) is 7.10. The van der Waals surface area contributed by atoms with E-state index in [-0.39, 0.29) is 5.78 Å². The molecule has 0 amide bonds. The van der Waals surface area contributed by atoms with Gasteiger partial charge in [0.05, 0.1) is 12.2 Å². The van der Waals surface area contributed by atoms with Crippen LogP contribution in [-0.2, 0) is 0 Å². The van der Waals surface area contributed by atoms with Gasteiger partial charge in [0.25, 0.3) is 0 Å². The van der Waals surface area contributed by atoms with Crippen molar-refractivity contribution in [2.75, 3.05) is 6.61 Å². The topological polar surface area (TPSA) is 43.4 Å². The molecule has 0 fully saturated rings. The summed E-state index contributed by atoms with van der Waals surface area (Å²) in [4.78, 5) is 22.0. The smallest absolute Gasteiger partial charge is 0.159 e. The second-order valence-corrected chi connectivity index (χ2v) is 3.83. The molecule has 0 aliphatic carbocycles. The number of hydrogen-bond donors (Lipinski definition) is 0. The largest absolute Gasteiger partial charge is 0.493 e. The lowest BCUT2D eigenvalue weighted by Crippen LogP contribution is -2.00. The van der Waals surface area contributed by atoms with Gasteiger partial charge in [0.2, 0.25) is 0 Å². The van der Waals surface area contributed by atoms with Gasteiger partial charge >= 0.3 is 0 Å². The zero-order chi connectivity index (χ0) is 11.4. The number of halogens is 1. The van der Waals surface area contributed by atoms with Crippen LogP contribution in [0.25, 0.3) is 0 Å². The van der Waals surface area contributed by atoms with E-state index < -0.39 is 0 Å². The van der Waals surface area contributed by atoms with Gasteiger partial charge in [0.15, 0.2) is 12.1 Å². The molecule has 80 valence electrons. The lowest BCUT2D eigenvalue weighted by Gasteiger charge is -2.09. The fraction of sp³-hybridized carbons (Fsp3) is 0.273. The minimum Gasteiger partial charge on any atom is -0.493 e. The number of carbonyl (C=O) groups excluding carboxylic acids is 2. The monoisotopic (exact) mass is 270 g/mol. The summed E-state index contributed by atoms with van der Waals surface area (Å²) >= 11 is 3.23. The number of carbonyl (C=O) groups is 2. The molecule has 0 radical (unpaired) electrons. The second kappa shape index (κ2) is 5.07. The number of ether oxygens (including phenoxy) is 1. The Morgan fingerprint density at radius 3 is 2.67 bits per heavy atom. The molecule has 1 aromatic carbocycles. The van der Waals surface area contributed by atoms with Gasteiger partial charge in [-0.3, -0.25) is 9.59 Å². The van der Waals surface area contributed by atoms with Crippen molar-refractivity contribution in [1.29, 1.82) is 0 Å². The summed E-state index contributed by atoms with van der Waals surface area (Å²) in [6.45, 7) is 3.75. The van der Waals surface area contributed by atoms with E-state index in [1.807, 2.05) is 6.92 Å². The minimum atomic E-state index is -0.0610. The van der Waals surface area contributed by atoms with Gasteiger partial charge in [-0.1, -0.05) is 0 Å². The van der Waals surface area contributed by atoms with Crippen molar-refractivity contribution in [3.8, 4) is 5.75 Å². The third-order valence-corrected chi connectivity index (χ3v) is 2.57. The summed E-state index contributed by atoms with van der Waals surface area (Å²) in [6.07, 6.45) is 0.707. The van der Waals surface area contributed by atoms with E-state index in [0.29, 0.717) is 34.2 Å². The maximum atomic E-state index is 11.2. The van der Waals surface area contributed by atoms with E-state index in [2.05, 4.69) is 15.9 Å². The summed E-state index contributed by atoms with van der Waals surface area (Å²) in [5.74, 6) is 0.376. The van der Waals surface area contributed by atoms with Gasteiger partial charge in [-0.2, -0.15) is 0 Å². The van der Waals surface area contributed by atoms with Gasteiger partial charge in [0, 0.05) is 10.0 Å². The Balaban J connectivity index is 3.31. The molecule has 0 spiro atoms. The van der Waals surface area contributed by atoms with Crippen LogP contribution in [-0.4, -0.2) is 18.7 Å². The van der Waals surface area contributed by atoms with E-state index in [1.165, 1.54) is 6.92 Å². The first-order valence-electron chi connectivity index (χ1n) is 4.52. The van der Waals surface area contributed by atoms with E-state index in [0.717, 1.165) is 0 Å². The number of rotatable bonds is 4. The van der Waals surface area contributed by atoms with Crippen molar-refractivity contribution < 1.29 is 14.3 Å². The Labute approximate surface area is 96.6 Å². The Morgan fingerprint density at radius 2 is 2.20 bits per heavy atom. The number of hydrogen-bond acceptors (Lipinski definition) is 3. The third kappa shape index (κ3) is 2.65. The highest BCUT2D eigenvalue weighted by Gasteiger charge is 2.11. The molecule has 15 heavy (non-hydrogen) atoms. The Bertz CT molecular complexity index is 399. The van der Waals surface area contributed by atoms with Crippen LogP contribution in [0.4, 0.5) is 0 Å². The first kappa shape index (κ1) is 11.9. The number of Topliss-reactive ketones (excluding diaryl/α,β-unsaturated/α-hetero) is 1. The Hall–Kier alpha value is -1.16. The summed E-state index contributed by atoms with van der Waals surface area (Å²) in [5, 5.41) is 0. The summed E-state index contributed by atoms with van der Waals surface area (Å²) in [5.41, 5.74) is 0.956. The van der Waals surface area contributed by atoms with Gasteiger partial charge in [-0.05, 0) is 41.9 Å². The molecule has 0 unspecified atom stereocenters. The van der Waals surface area contributed by atoms with Crippen LogP contribution in [0.5, 0.6) is 5.75 Å². The maximum absolute atomic E-state index is 11.2. The summed E-state index contributed by atoms with van der Waals surface area (Å²) < 4.78 is 5.86. The van der Waals surface area contributed by atoms with E-state index in [1.54, 1.807) is 12.1 Å². The number of benzene rings is 1. The van der Waals surface area contributed by atoms with Crippen molar-refractivity contribution >= 4 is 28.0 Å². The highest BCUT2D eigenvalue weighted by Crippen LogP contribution is 2.27. The third-order valence-electron chi connectivity index (χ3n) is 1.92. The summed E-state index contributed by atoms with van der Waals surface area (Å²) in [7, 11) is 0. The van der Waals surface area contributed by atoms with Crippen molar-refractivity contribution in [2.45, 2.75) is 13.8 Å². The van der Waals surface area contributed by atoms with Crippen LogP contribution in [0, 0.1) is 0 Å². The minimum absolute atomic E-state index is 0.0610. The molecule has 0 atom stereocenters. The van der Waals surface area contributed by atoms with Crippen molar-refractivity contribution in [3.63, 3.8) is 0 Å². The molecule has 0 saturated heterocycles. The molecule has 3 nitrogen and oxygen atoms in total. The summed E-state index contributed by atoms with van der Waals surface area (Å²) in [6, 6.07) is 3.20. The second-order valence-electron chi connectivity index (χ2n) is 2.98. The highest BCUT2D eigenvalue weighted by molar-refractivity contribution is 9.10. The van der Waals surface area contributed by atoms with Gasteiger partial charge in [-0.25, -0.2) is 0 Å². The molecule has 0 N–H and O–H groups in total. The quantitative estimate of drug-likeness (QED) is 0.624. The van der Waals surface area contributed by atoms with Crippen LogP contribution >= 0.6 is 15.9 Å². The van der Waals surface area contributed by atoms with E-state index in [4.69, 9.17) is 4.74 Å². The predicted molar refractivity (Wildman–Crippen MR) is 60.7 cm³/mol. The van der Waals surface area contributed by atoms with Crippen LogP contribution in [0.2, 0.25) is 0 Å². The van der Waals surface area contributed by atoms with E-state index >= 15 is 0 Å². The SMILES string of the molecule is CCOc1cc(C(C)=O)cc(Br)c1C=O. The van der Waals surface area contributed by atoms with Crippen molar-refractivity contribution in [1.82, 2.24) is 0 Å². The van der Waals surface area contributed by atoms with Crippen LogP contribution in [0.15, 0.2) is 16.6 Å². The zero-order valence-corrected chi connectivity index (χ0v) is 10.1. The van der Waals surface area contributed by atoms with Gasteiger partial charge < -0.3 is 4.74 Å². The molecule has 0 aromatic heterocycles.